The summed E-state index contributed by atoms with van der Waals surface area (Å²) in [5.74, 6) is -0.194. The Morgan fingerprint density at radius 3 is 2.30 bits per heavy atom. The summed E-state index contributed by atoms with van der Waals surface area (Å²) < 4.78 is 33.2. The third kappa shape index (κ3) is 7.01. The first-order valence-corrected chi connectivity index (χ1v) is 13.7. The first-order valence-electron chi connectivity index (χ1n) is 11.8. The van der Waals surface area contributed by atoms with Crippen LogP contribution in [0.25, 0.3) is 0 Å². The number of nitrogens with one attached hydrogen (secondary N) is 1. The molecule has 0 saturated carbocycles. The summed E-state index contributed by atoms with van der Waals surface area (Å²) in [5.41, 5.74) is 3.06. The van der Waals surface area contributed by atoms with Crippen LogP contribution in [-0.2, 0) is 21.4 Å². The lowest BCUT2D eigenvalue weighted by Gasteiger charge is -2.23. The van der Waals surface area contributed by atoms with E-state index < -0.39 is 33.1 Å². The standard InChI is InChI=1S/C28H23ClN4O6S/c29-25-11-5-4-8-22(25)20-39-23-16-14-21(15-17-23)18-30-31-28(34)19-32(26-12-6-7-13-27(26)33(35)36)40(37,38)24-9-2-1-3-10-24/h1-18H,19-20H2,(H,31,34)/b30-18-. The Morgan fingerprint density at radius 2 is 1.60 bits per heavy atom. The van der Waals surface area contributed by atoms with E-state index in [0.29, 0.717) is 27.2 Å². The van der Waals surface area contributed by atoms with Crippen LogP contribution >= 0.6 is 11.6 Å². The van der Waals surface area contributed by atoms with E-state index in [2.05, 4.69) is 10.5 Å². The first-order chi connectivity index (χ1) is 19.3. The Morgan fingerprint density at radius 1 is 0.950 bits per heavy atom. The fourth-order valence-electron chi connectivity index (χ4n) is 3.62. The van der Waals surface area contributed by atoms with Crippen LogP contribution < -0.4 is 14.5 Å². The van der Waals surface area contributed by atoms with Crippen molar-refractivity contribution in [3.8, 4) is 5.75 Å². The maximum atomic E-state index is 13.4. The van der Waals surface area contributed by atoms with E-state index in [-0.39, 0.29) is 10.6 Å². The Labute approximate surface area is 235 Å². The number of nitro groups is 1. The molecule has 10 nitrogen and oxygen atoms in total. The number of nitro benzene ring substituents is 1. The van der Waals surface area contributed by atoms with Gasteiger partial charge in [0.2, 0.25) is 0 Å². The lowest BCUT2D eigenvalue weighted by molar-refractivity contribution is -0.384. The van der Waals surface area contributed by atoms with Gasteiger partial charge < -0.3 is 4.74 Å². The topological polar surface area (TPSA) is 131 Å². The van der Waals surface area contributed by atoms with Crippen LogP contribution in [0.3, 0.4) is 0 Å². The molecule has 0 bridgehead atoms. The number of rotatable bonds is 11. The van der Waals surface area contributed by atoms with Crippen molar-refractivity contribution in [2.75, 3.05) is 10.8 Å². The second-order valence-corrected chi connectivity index (χ2v) is 10.6. The SMILES string of the molecule is O=C(CN(c1ccccc1[N+](=O)[O-])S(=O)(=O)c1ccccc1)N/N=C\c1ccc(OCc2ccccc2Cl)cc1. The summed E-state index contributed by atoms with van der Waals surface area (Å²) in [6.45, 7) is -0.445. The Hall–Kier alpha value is -4.74. The van der Waals surface area contributed by atoms with Gasteiger partial charge in [-0.25, -0.2) is 18.1 Å². The van der Waals surface area contributed by atoms with Crippen LogP contribution in [0.15, 0.2) is 113 Å². The summed E-state index contributed by atoms with van der Waals surface area (Å²) in [6.07, 6.45) is 1.37. The predicted octanol–water partition coefficient (Wildman–Crippen LogP) is 5.17. The van der Waals surface area contributed by atoms with Crippen molar-refractivity contribution < 1.29 is 22.9 Å². The molecule has 1 amide bonds. The molecular weight excluding hydrogens is 556 g/mol. The molecule has 40 heavy (non-hydrogen) atoms. The fraction of sp³-hybridized carbons (Fsp3) is 0.0714. The highest BCUT2D eigenvalue weighted by Crippen LogP contribution is 2.32. The minimum atomic E-state index is -4.32. The molecule has 204 valence electrons. The van der Waals surface area contributed by atoms with Crippen molar-refractivity contribution in [1.82, 2.24) is 5.43 Å². The van der Waals surface area contributed by atoms with E-state index in [4.69, 9.17) is 16.3 Å². The number of para-hydroxylation sites is 2. The van der Waals surface area contributed by atoms with Crippen LogP contribution in [0.1, 0.15) is 11.1 Å². The van der Waals surface area contributed by atoms with Gasteiger partial charge in [-0.1, -0.05) is 60.1 Å². The van der Waals surface area contributed by atoms with E-state index >= 15 is 0 Å². The number of anilines is 1. The molecule has 0 radical (unpaired) electrons. The highest BCUT2D eigenvalue weighted by Gasteiger charge is 2.31. The summed E-state index contributed by atoms with van der Waals surface area (Å²) >= 11 is 6.14. The van der Waals surface area contributed by atoms with Gasteiger partial charge in [-0.2, -0.15) is 5.10 Å². The molecule has 0 heterocycles. The molecule has 0 atom stereocenters. The lowest BCUT2D eigenvalue weighted by atomic mass is 10.2. The minimum Gasteiger partial charge on any atom is -0.489 e. The van der Waals surface area contributed by atoms with Crippen molar-refractivity contribution in [3.63, 3.8) is 0 Å². The molecule has 4 rings (SSSR count). The van der Waals surface area contributed by atoms with Gasteiger partial charge in [-0.05, 0) is 54.1 Å². The molecule has 0 aliphatic rings. The normalized spacial score (nSPS) is 11.2. The largest absolute Gasteiger partial charge is 0.489 e. The van der Waals surface area contributed by atoms with Crippen LogP contribution in [-0.4, -0.2) is 32.0 Å². The van der Waals surface area contributed by atoms with Crippen LogP contribution in [0, 0.1) is 10.1 Å². The average molecular weight is 579 g/mol. The molecule has 0 fully saturated rings. The quantitative estimate of drug-likeness (QED) is 0.148. The van der Waals surface area contributed by atoms with Crippen LogP contribution in [0.2, 0.25) is 5.02 Å². The second kappa shape index (κ2) is 12.9. The molecule has 12 heteroatoms. The van der Waals surface area contributed by atoms with Gasteiger partial charge in [0.05, 0.1) is 16.0 Å². The highest BCUT2D eigenvalue weighted by molar-refractivity contribution is 7.92. The van der Waals surface area contributed by atoms with Gasteiger partial charge in [0.1, 0.15) is 24.6 Å². The number of benzene rings is 4. The number of hydrogen-bond donors (Lipinski definition) is 1. The van der Waals surface area contributed by atoms with E-state index in [0.717, 1.165) is 5.56 Å². The molecule has 4 aromatic carbocycles. The maximum absolute atomic E-state index is 13.4. The second-order valence-electron chi connectivity index (χ2n) is 8.31. The zero-order valence-electron chi connectivity index (χ0n) is 20.9. The Bertz CT molecular complexity index is 1630. The maximum Gasteiger partial charge on any atom is 0.293 e. The Kier molecular flexibility index (Phi) is 9.10. The van der Waals surface area contributed by atoms with Crippen molar-refractivity contribution in [2.45, 2.75) is 11.5 Å². The number of carbonyl (C=O) groups is 1. The van der Waals surface area contributed by atoms with Crippen molar-refractivity contribution >= 4 is 45.1 Å². The van der Waals surface area contributed by atoms with E-state index in [1.54, 1.807) is 36.4 Å². The molecule has 0 unspecified atom stereocenters. The van der Waals surface area contributed by atoms with Gasteiger partial charge in [0, 0.05) is 16.7 Å². The number of nitrogens with zero attached hydrogens (tertiary/aromatic N) is 3. The number of hydrogen-bond acceptors (Lipinski definition) is 7. The number of hydrazone groups is 1. The van der Waals surface area contributed by atoms with Crippen LogP contribution in [0.4, 0.5) is 11.4 Å². The van der Waals surface area contributed by atoms with Gasteiger partial charge in [-0.3, -0.25) is 14.9 Å². The van der Waals surface area contributed by atoms with Crippen molar-refractivity contribution in [2.24, 2.45) is 5.10 Å². The number of halogens is 1. The zero-order chi connectivity index (χ0) is 28.5. The van der Waals surface area contributed by atoms with Gasteiger partial charge >= 0.3 is 0 Å². The van der Waals surface area contributed by atoms with Gasteiger partial charge in [0.25, 0.3) is 21.6 Å². The van der Waals surface area contributed by atoms with E-state index in [1.165, 1.54) is 54.7 Å². The van der Waals surface area contributed by atoms with E-state index in [9.17, 15) is 23.3 Å². The monoisotopic (exact) mass is 578 g/mol. The predicted molar refractivity (Wildman–Crippen MR) is 152 cm³/mol. The summed E-state index contributed by atoms with van der Waals surface area (Å²) in [4.78, 5) is 23.5. The minimum absolute atomic E-state index is 0.124. The summed E-state index contributed by atoms with van der Waals surface area (Å²) in [5, 5.41) is 16.1. The number of ether oxygens (including phenoxy) is 1. The molecule has 0 aliphatic heterocycles. The smallest absolute Gasteiger partial charge is 0.293 e. The summed E-state index contributed by atoms with van der Waals surface area (Å²) in [6, 6.07) is 26.9. The third-order valence-corrected chi connectivity index (χ3v) is 7.74. The number of sulfonamides is 1. The average Bonchev–Trinajstić information content (AvgIpc) is 2.96. The zero-order valence-corrected chi connectivity index (χ0v) is 22.5. The van der Waals surface area contributed by atoms with E-state index in [1.807, 2.05) is 18.2 Å². The fourth-order valence-corrected chi connectivity index (χ4v) is 5.27. The number of amides is 1. The Balaban J connectivity index is 1.45. The highest BCUT2D eigenvalue weighted by atomic mass is 35.5. The third-order valence-electron chi connectivity index (χ3n) is 5.60. The molecule has 0 aromatic heterocycles. The molecule has 0 spiro atoms. The molecular formula is C28H23ClN4O6S. The molecule has 0 saturated heterocycles. The van der Waals surface area contributed by atoms with Crippen molar-refractivity contribution in [3.05, 3.63) is 129 Å². The molecule has 1 N–H and O–H groups in total. The molecule has 4 aromatic rings. The molecule has 0 aliphatic carbocycles. The van der Waals surface area contributed by atoms with Crippen LogP contribution in [0.5, 0.6) is 5.75 Å². The van der Waals surface area contributed by atoms with Gasteiger partial charge in [-0.15, -0.1) is 0 Å². The van der Waals surface area contributed by atoms with Gasteiger partial charge in [0.15, 0.2) is 0 Å². The first kappa shape index (κ1) is 28.3. The lowest BCUT2D eigenvalue weighted by Crippen LogP contribution is -2.39. The van der Waals surface area contributed by atoms with Crippen molar-refractivity contribution in [1.29, 1.82) is 0 Å². The summed E-state index contributed by atoms with van der Waals surface area (Å²) in [7, 11) is -4.32. The number of carbonyl (C=O) groups excluding carboxylic acids is 1.